The minimum absolute atomic E-state index is 0.113. The predicted molar refractivity (Wildman–Crippen MR) is 139 cm³/mol. The molecule has 1 N–H and O–H groups in total. The maximum absolute atomic E-state index is 11.5. The summed E-state index contributed by atoms with van der Waals surface area (Å²) in [7, 11) is 0. The van der Waals surface area contributed by atoms with Crippen LogP contribution in [-0.4, -0.2) is 11.1 Å². The monoisotopic (exact) mass is 453 g/mol. The molecule has 0 heterocycles. The highest BCUT2D eigenvalue weighted by Crippen LogP contribution is 2.44. The van der Waals surface area contributed by atoms with Gasteiger partial charge in [-0.2, -0.15) is 5.26 Å². The van der Waals surface area contributed by atoms with E-state index < -0.39 is 5.97 Å². The summed E-state index contributed by atoms with van der Waals surface area (Å²) in [5, 5.41) is 18.1. The largest absolute Gasteiger partial charge is 0.478 e. The zero-order valence-corrected chi connectivity index (χ0v) is 20.2. The Morgan fingerprint density at radius 3 is 2.09 bits per heavy atom. The van der Waals surface area contributed by atoms with Gasteiger partial charge in [0.15, 0.2) is 0 Å². The third-order valence-electron chi connectivity index (χ3n) is 6.92. The number of nitriles is 1. The van der Waals surface area contributed by atoms with Crippen molar-refractivity contribution < 1.29 is 9.90 Å². The summed E-state index contributed by atoms with van der Waals surface area (Å²) in [4.78, 5) is 11.5. The van der Waals surface area contributed by atoms with E-state index in [-0.39, 0.29) is 5.41 Å². The third kappa shape index (κ3) is 6.58. The summed E-state index contributed by atoms with van der Waals surface area (Å²) in [5.74, 6) is -0.777. The topological polar surface area (TPSA) is 61.1 Å². The summed E-state index contributed by atoms with van der Waals surface area (Å²) in [6, 6.07) is 27.5. The van der Waals surface area contributed by atoms with Crippen LogP contribution in [0.2, 0.25) is 0 Å². The van der Waals surface area contributed by atoms with Crippen molar-refractivity contribution in [2.75, 3.05) is 0 Å². The van der Waals surface area contributed by atoms with Gasteiger partial charge in [-0.1, -0.05) is 106 Å². The van der Waals surface area contributed by atoms with Gasteiger partial charge in [0.25, 0.3) is 0 Å². The highest BCUT2D eigenvalue weighted by Gasteiger charge is 2.35. The number of carboxylic acids is 1. The van der Waals surface area contributed by atoms with E-state index in [2.05, 4.69) is 31.2 Å². The molecule has 1 fully saturated rings. The van der Waals surface area contributed by atoms with E-state index >= 15 is 0 Å². The molecular formula is C31H35NO2. The van der Waals surface area contributed by atoms with Crippen LogP contribution in [0, 0.1) is 11.3 Å². The number of aromatic carboxylic acids is 1. The summed E-state index contributed by atoms with van der Waals surface area (Å²) < 4.78 is 0. The molecule has 3 aromatic carbocycles. The van der Waals surface area contributed by atoms with Crippen LogP contribution in [0.3, 0.4) is 0 Å². The van der Waals surface area contributed by atoms with E-state index in [4.69, 9.17) is 5.26 Å². The zero-order chi connectivity index (χ0) is 24.2. The van der Waals surface area contributed by atoms with Crippen LogP contribution < -0.4 is 0 Å². The molecule has 3 nitrogen and oxygen atoms in total. The smallest absolute Gasteiger partial charge is 0.335 e. The lowest BCUT2D eigenvalue weighted by molar-refractivity contribution is 0.0692. The van der Waals surface area contributed by atoms with E-state index in [9.17, 15) is 9.90 Å². The zero-order valence-electron chi connectivity index (χ0n) is 20.2. The standard InChI is InChI=1S/C18H26O2.C13H9N/c1-2-3-7-12-18(13-8-4-9-14-18)16-11-6-5-10-15(16)17(19)20;14-10-11-6-8-13(9-7-11)12-4-2-1-3-5-12/h5-6,10-11H,2-4,7-9,12-14H2,1H3,(H,19,20);1-9H. The van der Waals surface area contributed by atoms with Gasteiger partial charge < -0.3 is 5.11 Å². The Morgan fingerprint density at radius 2 is 1.47 bits per heavy atom. The number of hydrogen-bond donors (Lipinski definition) is 1. The van der Waals surface area contributed by atoms with Gasteiger partial charge in [0.1, 0.15) is 0 Å². The molecule has 0 radical (unpaired) electrons. The Hall–Kier alpha value is -3.38. The van der Waals surface area contributed by atoms with Crippen LogP contribution in [0.1, 0.15) is 86.2 Å². The molecule has 0 aliphatic heterocycles. The Kier molecular flexibility index (Phi) is 9.47. The summed E-state index contributed by atoms with van der Waals surface area (Å²) in [5.41, 5.74) is 4.74. The number of carboxylic acid groups (broad SMARTS) is 1. The molecule has 0 unspecified atom stereocenters. The van der Waals surface area contributed by atoms with Crippen molar-refractivity contribution in [2.24, 2.45) is 0 Å². The van der Waals surface area contributed by atoms with E-state index in [0.29, 0.717) is 11.1 Å². The van der Waals surface area contributed by atoms with Gasteiger partial charge in [-0.25, -0.2) is 4.79 Å². The molecule has 1 aliphatic carbocycles. The van der Waals surface area contributed by atoms with Crippen molar-refractivity contribution in [1.29, 1.82) is 5.26 Å². The average molecular weight is 454 g/mol. The maximum Gasteiger partial charge on any atom is 0.335 e. The van der Waals surface area contributed by atoms with Crippen LogP contribution in [-0.2, 0) is 5.41 Å². The third-order valence-corrected chi connectivity index (χ3v) is 6.92. The molecule has 34 heavy (non-hydrogen) atoms. The molecule has 0 aromatic heterocycles. The molecule has 1 aliphatic rings. The number of nitrogens with zero attached hydrogens (tertiary/aromatic N) is 1. The van der Waals surface area contributed by atoms with Crippen LogP contribution in [0.4, 0.5) is 0 Å². The highest BCUT2D eigenvalue weighted by molar-refractivity contribution is 5.89. The van der Waals surface area contributed by atoms with Gasteiger partial charge in [0.2, 0.25) is 0 Å². The van der Waals surface area contributed by atoms with E-state index in [1.165, 1.54) is 44.1 Å². The number of carbonyl (C=O) groups is 1. The molecule has 0 atom stereocenters. The fourth-order valence-electron chi connectivity index (χ4n) is 5.10. The van der Waals surface area contributed by atoms with Gasteiger partial charge in [-0.15, -0.1) is 0 Å². The summed E-state index contributed by atoms with van der Waals surface area (Å²) in [6.45, 7) is 2.22. The first-order chi connectivity index (χ1) is 16.6. The number of rotatable bonds is 7. The van der Waals surface area contributed by atoms with Crippen LogP contribution in [0.25, 0.3) is 11.1 Å². The molecule has 176 valence electrons. The van der Waals surface area contributed by atoms with Crippen LogP contribution in [0.15, 0.2) is 78.9 Å². The minimum Gasteiger partial charge on any atom is -0.478 e. The fourth-order valence-corrected chi connectivity index (χ4v) is 5.10. The van der Waals surface area contributed by atoms with Gasteiger partial charge in [0, 0.05) is 0 Å². The van der Waals surface area contributed by atoms with Crippen molar-refractivity contribution >= 4 is 5.97 Å². The second-order valence-electron chi connectivity index (χ2n) is 9.20. The van der Waals surface area contributed by atoms with Crippen molar-refractivity contribution in [2.45, 2.75) is 70.1 Å². The fraction of sp³-hybridized carbons (Fsp3) is 0.355. The normalized spacial score (nSPS) is 14.4. The minimum atomic E-state index is -0.777. The number of unbranched alkanes of at least 4 members (excludes halogenated alkanes) is 2. The van der Waals surface area contributed by atoms with E-state index in [0.717, 1.165) is 30.4 Å². The molecule has 4 rings (SSSR count). The van der Waals surface area contributed by atoms with Crippen molar-refractivity contribution in [3.8, 4) is 17.2 Å². The molecule has 0 bridgehead atoms. The van der Waals surface area contributed by atoms with Crippen molar-refractivity contribution in [3.05, 3.63) is 95.6 Å². The molecule has 0 amide bonds. The predicted octanol–water partition coefficient (Wildman–Crippen LogP) is 8.39. The maximum atomic E-state index is 11.5. The molecule has 3 aromatic rings. The van der Waals surface area contributed by atoms with Crippen molar-refractivity contribution in [1.82, 2.24) is 0 Å². The lowest BCUT2D eigenvalue weighted by Gasteiger charge is -2.39. The lowest BCUT2D eigenvalue weighted by Crippen LogP contribution is -2.31. The molecule has 3 heteroatoms. The van der Waals surface area contributed by atoms with Crippen LogP contribution in [0.5, 0.6) is 0 Å². The Bertz CT molecular complexity index is 1070. The van der Waals surface area contributed by atoms with Crippen molar-refractivity contribution in [3.63, 3.8) is 0 Å². The Morgan fingerprint density at radius 1 is 0.853 bits per heavy atom. The van der Waals surface area contributed by atoms with Gasteiger partial charge in [0.05, 0.1) is 17.2 Å². The van der Waals surface area contributed by atoms with Gasteiger partial charge >= 0.3 is 5.97 Å². The molecular weight excluding hydrogens is 418 g/mol. The van der Waals surface area contributed by atoms with Crippen LogP contribution >= 0.6 is 0 Å². The summed E-state index contributed by atoms with van der Waals surface area (Å²) in [6.07, 6.45) is 10.9. The first-order valence-corrected chi connectivity index (χ1v) is 12.5. The highest BCUT2D eigenvalue weighted by atomic mass is 16.4. The number of benzene rings is 3. The number of hydrogen-bond acceptors (Lipinski definition) is 2. The SMILES string of the molecule is CCCCCC1(c2ccccc2C(=O)O)CCCCC1.N#Cc1ccc(-c2ccccc2)cc1. The molecule has 1 saturated carbocycles. The quantitative estimate of drug-likeness (QED) is 0.365. The van der Waals surface area contributed by atoms with Gasteiger partial charge in [-0.05, 0) is 59.6 Å². The first kappa shape index (κ1) is 25.2. The summed E-state index contributed by atoms with van der Waals surface area (Å²) >= 11 is 0. The second kappa shape index (κ2) is 12.8. The van der Waals surface area contributed by atoms with Gasteiger partial charge in [-0.3, -0.25) is 0 Å². The average Bonchev–Trinajstić information content (AvgIpc) is 2.90. The second-order valence-corrected chi connectivity index (χ2v) is 9.20. The van der Waals surface area contributed by atoms with E-state index in [1.54, 1.807) is 6.07 Å². The Balaban J connectivity index is 0.000000202. The molecule has 0 spiro atoms. The lowest BCUT2D eigenvalue weighted by atomic mass is 9.65. The molecule has 0 saturated heterocycles. The first-order valence-electron chi connectivity index (χ1n) is 12.5. The Labute approximate surface area is 204 Å². The van der Waals surface area contributed by atoms with E-state index in [1.807, 2.05) is 54.6 Å².